The van der Waals surface area contributed by atoms with Crippen LogP contribution in [0.2, 0.25) is 0 Å². The van der Waals surface area contributed by atoms with E-state index in [4.69, 9.17) is 0 Å². The molecule has 8 heteroatoms. The number of non-ortho nitro benzene ring substituents is 1. The van der Waals surface area contributed by atoms with Gasteiger partial charge in [-0.1, -0.05) is 18.2 Å². The number of hydrogen-bond donors (Lipinski definition) is 0. The summed E-state index contributed by atoms with van der Waals surface area (Å²) in [4.78, 5) is 14.3. The van der Waals surface area contributed by atoms with Gasteiger partial charge >= 0.3 is 0 Å². The lowest BCUT2D eigenvalue weighted by Crippen LogP contribution is -2.32. The zero-order valence-corrected chi connectivity index (χ0v) is 14.3. The Bertz CT molecular complexity index is 792. The van der Waals surface area contributed by atoms with Gasteiger partial charge in [0.15, 0.2) is 0 Å². The van der Waals surface area contributed by atoms with E-state index in [1.54, 1.807) is 37.4 Å². The lowest BCUT2D eigenvalue weighted by Gasteiger charge is -2.23. The molecule has 1 unspecified atom stereocenters. The summed E-state index contributed by atoms with van der Waals surface area (Å²) in [6, 6.07) is 10.9. The van der Waals surface area contributed by atoms with Gasteiger partial charge in [0.1, 0.15) is 0 Å². The Balaban J connectivity index is 2.03. The molecule has 0 fully saturated rings. The second-order valence-corrected chi connectivity index (χ2v) is 7.58. The van der Waals surface area contributed by atoms with Gasteiger partial charge < -0.3 is 0 Å². The van der Waals surface area contributed by atoms with Crippen molar-refractivity contribution < 1.29 is 13.3 Å². The van der Waals surface area contributed by atoms with E-state index < -0.39 is 14.9 Å². The van der Waals surface area contributed by atoms with Crippen LogP contribution >= 0.6 is 0 Å². The average Bonchev–Trinajstić information content (AvgIpc) is 2.59. The Morgan fingerprint density at radius 1 is 1.21 bits per heavy atom. The number of benzene rings is 1. The van der Waals surface area contributed by atoms with E-state index in [2.05, 4.69) is 4.98 Å². The van der Waals surface area contributed by atoms with Crippen LogP contribution in [-0.4, -0.2) is 35.4 Å². The molecule has 0 amide bonds. The zero-order valence-electron chi connectivity index (χ0n) is 13.5. The number of nitrogens with zero attached hydrogens (tertiary/aromatic N) is 3. The normalized spacial score (nSPS) is 13.0. The molecule has 0 N–H and O–H groups in total. The molecule has 2 rings (SSSR count). The predicted molar refractivity (Wildman–Crippen MR) is 91.0 cm³/mol. The minimum atomic E-state index is -3.47. The van der Waals surface area contributed by atoms with Gasteiger partial charge in [-0.25, -0.2) is 8.42 Å². The highest BCUT2D eigenvalue weighted by Gasteiger charge is 2.24. The van der Waals surface area contributed by atoms with Crippen molar-refractivity contribution in [2.75, 3.05) is 12.8 Å². The van der Waals surface area contributed by atoms with Crippen molar-refractivity contribution in [3.8, 4) is 0 Å². The molecule has 0 aliphatic rings. The van der Waals surface area contributed by atoms with Crippen LogP contribution in [0.25, 0.3) is 0 Å². The summed E-state index contributed by atoms with van der Waals surface area (Å²) in [5, 5.41) is 10.6. The summed E-state index contributed by atoms with van der Waals surface area (Å²) in [5.41, 5.74) is 1.41. The van der Waals surface area contributed by atoms with Gasteiger partial charge in [0.25, 0.3) is 5.69 Å². The maximum Gasteiger partial charge on any atom is 0.269 e. The summed E-state index contributed by atoms with van der Waals surface area (Å²) in [6.45, 7) is 1.78. The first-order valence-corrected chi connectivity index (χ1v) is 9.02. The molecular weight excluding hydrogens is 330 g/mol. The van der Waals surface area contributed by atoms with E-state index in [1.165, 1.54) is 23.5 Å². The molecule has 1 aromatic carbocycles. The van der Waals surface area contributed by atoms with E-state index in [0.29, 0.717) is 12.1 Å². The summed E-state index contributed by atoms with van der Waals surface area (Å²) in [6.07, 6.45) is 1.92. The quantitative estimate of drug-likeness (QED) is 0.566. The lowest BCUT2D eigenvalue weighted by atomic mass is 10.1. The second kappa shape index (κ2) is 7.50. The van der Waals surface area contributed by atoms with Crippen molar-refractivity contribution in [2.45, 2.75) is 19.4 Å². The second-order valence-electron chi connectivity index (χ2n) is 5.44. The third kappa shape index (κ3) is 4.36. The van der Waals surface area contributed by atoms with E-state index in [0.717, 1.165) is 5.56 Å². The van der Waals surface area contributed by atoms with Crippen LogP contribution in [0.4, 0.5) is 5.69 Å². The lowest BCUT2D eigenvalue weighted by molar-refractivity contribution is -0.384. The molecule has 1 heterocycles. The Morgan fingerprint density at radius 2 is 1.88 bits per heavy atom. The molecule has 0 aliphatic heterocycles. The molecule has 0 radical (unpaired) electrons. The molecule has 2 aromatic rings. The van der Waals surface area contributed by atoms with Crippen molar-refractivity contribution in [1.82, 2.24) is 9.29 Å². The van der Waals surface area contributed by atoms with Crippen LogP contribution < -0.4 is 0 Å². The van der Waals surface area contributed by atoms with Crippen molar-refractivity contribution in [3.05, 3.63) is 70.0 Å². The molecule has 7 nitrogen and oxygen atoms in total. The van der Waals surface area contributed by atoms with Crippen LogP contribution in [0.15, 0.2) is 48.7 Å². The third-order valence-electron chi connectivity index (χ3n) is 3.90. The first-order chi connectivity index (χ1) is 11.3. The van der Waals surface area contributed by atoms with E-state index in [1.807, 2.05) is 6.07 Å². The zero-order chi connectivity index (χ0) is 17.7. The number of rotatable bonds is 7. The topological polar surface area (TPSA) is 93.4 Å². The Kier molecular flexibility index (Phi) is 5.63. The Morgan fingerprint density at radius 3 is 2.42 bits per heavy atom. The number of sulfonamides is 1. The maximum atomic E-state index is 12.5. The van der Waals surface area contributed by atoms with Crippen molar-refractivity contribution in [3.63, 3.8) is 0 Å². The number of nitro benzene ring substituents is 1. The van der Waals surface area contributed by atoms with Gasteiger partial charge in [-0.05, 0) is 31.0 Å². The summed E-state index contributed by atoms with van der Waals surface area (Å²) >= 11 is 0. The first kappa shape index (κ1) is 18.0. The van der Waals surface area contributed by atoms with E-state index >= 15 is 0 Å². The standard InChI is InChI=1S/C16H19N3O4S/c1-13(16-5-3-4-11-17-16)18(2)24(22,23)12-10-14-6-8-15(9-7-14)19(20)21/h3-9,11,13H,10,12H2,1-2H3. The molecule has 128 valence electrons. The molecule has 24 heavy (non-hydrogen) atoms. The number of hydrogen-bond acceptors (Lipinski definition) is 5. The smallest absolute Gasteiger partial charge is 0.260 e. The minimum Gasteiger partial charge on any atom is -0.260 e. The molecule has 0 spiro atoms. The van der Waals surface area contributed by atoms with Gasteiger partial charge in [-0.3, -0.25) is 15.1 Å². The van der Waals surface area contributed by atoms with Gasteiger partial charge in [0.05, 0.1) is 22.4 Å². The molecule has 0 saturated heterocycles. The fraction of sp³-hybridized carbons (Fsp3) is 0.312. The van der Waals surface area contributed by atoms with Crippen molar-refractivity contribution in [1.29, 1.82) is 0 Å². The predicted octanol–water partition coefficient (Wildman–Crippen LogP) is 2.56. The van der Waals surface area contributed by atoms with Crippen LogP contribution in [-0.2, 0) is 16.4 Å². The highest BCUT2D eigenvalue weighted by atomic mass is 32.2. The fourth-order valence-corrected chi connectivity index (χ4v) is 3.60. The summed E-state index contributed by atoms with van der Waals surface area (Å²) in [7, 11) is -1.94. The summed E-state index contributed by atoms with van der Waals surface area (Å²) < 4.78 is 26.3. The molecule has 1 aromatic heterocycles. The molecule has 0 saturated carbocycles. The number of pyridine rings is 1. The van der Waals surface area contributed by atoms with Gasteiger partial charge in [-0.15, -0.1) is 0 Å². The number of nitro groups is 1. The fourth-order valence-electron chi connectivity index (χ4n) is 2.23. The monoisotopic (exact) mass is 349 g/mol. The van der Waals surface area contributed by atoms with Gasteiger partial charge in [0, 0.05) is 25.4 Å². The Labute approximate surface area is 141 Å². The van der Waals surface area contributed by atoms with Crippen molar-refractivity contribution in [2.24, 2.45) is 0 Å². The van der Waals surface area contributed by atoms with Crippen LogP contribution in [0.3, 0.4) is 0 Å². The van der Waals surface area contributed by atoms with Crippen molar-refractivity contribution >= 4 is 15.7 Å². The number of aromatic nitrogens is 1. The van der Waals surface area contributed by atoms with Crippen LogP contribution in [0.1, 0.15) is 24.2 Å². The van der Waals surface area contributed by atoms with Gasteiger partial charge in [0.2, 0.25) is 10.0 Å². The highest BCUT2D eigenvalue weighted by molar-refractivity contribution is 7.89. The highest BCUT2D eigenvalue weighted by Crippen LogP contribution is 2.20. The SMILES string of the molecule is CC(c1ccccn1)N(C)S(=O)(=O)CCc1ccc([N+](=O)[O-])cc1. The van der Waals surface area contributed by atoms with Crippen LogP contribution in [0, 0.1) is 10.1 Å². The molecule has 0 bridgehead atoms. The summed E-state index contributed by atoms with van der Waals surface area (Å²) in [5.74, 6) is -0.0709. The largest absolute Gasteiger partial charge is 0.269 e. The minimum absolute atomic E-state index is 0.0116. The maximum absolute atomic E-state index is 12.5. The van der Waals surface area contributed by atoms with Gasteiger partial charge in [-0.2, -0.15) is 4.31 Å². The number of aryl methyl sites for hydroxylation is 1. The average molecular weight is 349 g/mol. The molecular formula is C16H19N3O4S. The molecule has 1 atom stereocenters. The Hall–Kier alpha value is -2.32. The van der Waals surface area contributed by atoms with Crippen LogP contribution in [0.5, 0.6) is 0 Å². The van der Waals surface area contributed by atoms with E-state index in [9.17, 15) is 18.5 Å². The van der Waals surface area contributed by atoms with E-state index in [-0.39, 0.29) is 17.5 Å². The molecule has 0 aliphatic carbocycles. The third-order valence-corrected chi connectivity index (χ3v) is 5.81. The first-order valence-electron chi connectivity index (χ1n) is 7.41.